The average Bonchev–Trinajstić information content (AvgIpc) is 2.61. The summed E-state index contributed by atoms with van der Waals surface area (Å²) in [4.78, 5) is 22.2. The van der Waals surface area contributed by atoms with Crippen molar-refractivity contribution in [3.63, 3.8) is 0 Å². The fourth-order valence-electron chi connectivity index (χ4n) is 3.42. The van der Waals surface area contributed by atoms with Gasteiger partial charge in [0.2, 0.25) is 10.0 Å². The van der Waals surface area contributed by atoms with Crippen molar-refractivity contribution >= 4 is 21.7 Å². The second kappa shape index (κ2) is 9.44. The van der Waals surface area contributed by atoms with Gasteiger partial charge in [0.1, 0.15) is 0 Å². The molecule has 0 aromatic heterocycles. The maximum absolute atomic E-state index is 13.2. The molecule has 1 N–H and O–H groups in total. The first kappa shape index (κ1) is 22.3. The largest absolute Gasteiger partial charge is 0.466 e. The van der Waals surface area contributed by atoms with E-state index in [9.17, 15) is 23.3 Å². The van der Waals surface area contributed by atoms with Gasteiger partial charge < -0.3 is 10.1 Å². The summed E-state index contributed by atoms with van der Waals surface area (Å²) in [6.45, 7) is 6.24. The Morgan fingerprint density at radius 1 is 1.32 bits per heavy atom. The highest BCUT2D eigenvalue weighted by Crippen LogP contribution is 2.28. The predicted molar refractivity (Wildman–Crippen MR) is 103 cm³/mol. The summed E-state index contributed by atoms with van der Waals surface area (Å²) in [6, 6.07) is 4.73. The topological polar surface area (TPSA) is 119 Å². The first-order valence-corrected chi connectivity index (χ1v) is 10.7. The quantitative estimate of drug-likeness (QED) is 0.393. The SMILES string of the molecule is CCOC(=O)C[C@H]1CN(S(=O)(=O)c2ccccc2[N+](=O)[O-])C[C@H](CC(C)C)N1. The van der Waals surface area contributed by atoms with Crippen LogP contribution in [0.5, 0.6) is 0 Å². The van der Waals surface area contributed by atoms with Gasteiger partial charge in [-0.15, -0.1) is 0 Å². The van der Waals surface area contributed by atoms with E-state index in [0.717, 1.165) is 0 Å². The van der Waals surface area contributed by atoms with E-state index in [1.54, 1.807) is 6.92 Å². The molecule has 2 atom stereocenters. The lowest BCUT2D eigenvalue weighted by molar-refractivity contribution is -0.387. The van der Waals surface area contributed by atoms with Gasteiger partial charge in [-0.1, -0.05) is 26.0 Å². The summed E-state index contributed by atoms with van der Waals surface area (Å²) < 4.78 is 32.6. The third-order valence-corrected chi connectivity index (χ3v) is 6.35. The Kier molecular flexibility index (Phi) is 7.50. The summed E-state index contributed by atoms with van der Waals surface area (Å²) in [5, 5.41) is 14.6. The molecule has 0 saturated carbocycles. The minimum atomic E-state index is -4.09. The molecule has 1 fully saturated rings. The Morgan fingerprint density at radius 3 is 2.57 bits per heavy atom. The molecule has 2 rings (SSSR count). The molecule has 1 aliphatic heterocycles. The van der Waals surface area contributed by atoms with Gasteiger partial charge in [0, 0.05) is 31.2 Å². The van der Waals surface area contributed by atoms with Crippen LogP contribution in [0.3, 0.4) is 0 Å². The van der Waals surface area contributed by atoms with E-state index in [4.69, 9.17) is 4.74 Å². The van der Waals surface area contributed by atoms with Crippen LogP contribution < -0.4 is 5.32 Å². The maximum atomic E-state index is 13.2. The van der Waals surface area contributed by atoms with E-state index >= 15 is 0 Å². The summed E-state index contributed by atoms with van der Waals surface area (Å²) in [5.74, 6) is -0.0947. The van der Waals surface area contributed by atoms with Gasteiger partial charge in [-0.3, -0.25) is 14.9 Å². The molecule has 0 spiro atoms. The van der Waals surface area contributed by atoms with Crippen molar-refractivity contribution in [2.45, 2.75) is 50.6 Å². The Bertz CT molecular complexity index is 811. The smallest absolute Gasteiger partial charge is 0.307 e. The lowest BCUT2D eigenvalue weighted by Gasteiger charge is -2.38. The van der Waals surface area contributed by atoms with Crippen molar-refractivity contribution in [2.75, 3.05) is 19.7 Å². The Labute approximate surface area is 165 Å². The number of sulfonamides is 1. The van der Waals surface area contributed by atoms with Gasteiger partial charge in [0.05, 0.1) is 18.0 Å². The molecule has 1 aliphatic rings. The number of hydrogen-bond acceptors (Lipinski definition) is 7. The van der Waals surface area contributed by atoms with Crippen LogP contribution in [-0.4, -0.2) is 55.4 Å². The van der Waals surface area contributed by atoms with Gasteiger partial charge >= 0.3 is 5.97 Å². The molecular weight excluding hydrogens is 386 g/mol. The van der Waals surface area contributed by atoms with Crippen LogP contribution in [0.15, 0.2) is 29.2 Å². The van der Waals surface area contributed by atoms with Crippen LogP contribution in [0, 0.1) is 16.0 Å². The maximum Gasteiger partial charge on any atom is 0.307 e. The monoisotopic (exact) mass is 413 g/mol. The lowest BCUT2D eigenvalue weighted by atomic mass is 10.00. The van der Waals surface area contributed by atoms with Crippen molar-refractivity contribution < 1.29 is 22.9 Å². The normalized spacial score (nSPS) is 20.9. The summed E-state index contributed by atoms with van der Waals surface area (Å²) in [5.41, 5.74) is -0.455. The molecular formula is C18H27N3O6S. The molecule has 0 aliphatic carbocycles. The van der Waals surface area contributed by atoms with Crippen LogP contribution in [0.4, 0.5) is 5.69 Å². The van der Waals surface area contributed by atoms with Crippen LogP contribution in [0.25, 0.3) is 0 Å². The molecule has 1 aromatic carbocycles. The number of carbonyl (C=O) groups excluding carboxylic acids is 1. The number of nitro benzene ring substituents is 1. The minimum absolute atomic E-state index is 0.0331. The van der Waals surface area contributed by atoms with Crippen LogP contribution in [0.2, 0.25) is 0 Å². The van der Waals surface area contributed by atoms with Crippen LogP contribution in [0.1, 0.15) is 33.6 Å². The number of ether oxygens (including phenoxy) is 1. The molecule has 10 heteroatoms. The van der Waals surface area contributed by atoms with Crippen molar-refractivity contribution in [2.24, 2.45) is 5.92 Å². The summed E-state index contributed by atoms with van der Waals surface area (Å²) >= 11 is 0. The second-order valence-electron chi connectivity index (χ2n) is 7.25. The molecule has 156 valence electrons. The molecule has 28 heavy (non-hydrogen) atoms. The first-order chi connectivity index (χ1) is 13.1. The van der Waals surface area contributed by atoms with Crippen molar-refractivity contribution in [3.05, 3.63) is 34.4 Å². The van der Waals surface area contributed by atoms with E-state index in [1.165, 1.54) is 28.6 Å². The molecule has 1 heterocycles. The number of hydrogen-bond donors (Lipinski definition) is 1. The van der Waals surface area contributed by atoms with E-state index in [-0.39, 0.29) is 37.1 Å². The number of nitro groups is 1. The molecule has 9 nitrogen and oxygen atoms in total. The summed E-state index contributed by atoms with van der Waals surface area (Å²) in [7, 11) is -4.09. The minimum Gasteiger partial charge on any atom is -0.466 e. The van der Waals surface area contributed by atoms with Crippen LogP contribution in [-0.2, 0) is 19.6 Å². The Morgan fingerprint density at radius 2 is 1.96 bits per heavy atom. The zero-order valence-electron chi connectivity index (χ0n) is 16.3. The van der Waals surface area contributed by atoms with Gasteiger partial charge in [0.25, 0.3) is 5.69 Å². The van der Waals surface area contributed by atoms with Gasteiger partial charge in [-0.05, 0) is 25.3 Å². The van der Waals surface area contributed by atoms with Crippen LogP contribution >= 0.6 is 0 Å². The van der Waals surface area contributed by atoms with Gasteiger partial charge in [-0.2, -0.15) is 4.31 Å². The van der Waals surface area contributed by atoms with E-state index in [1.807, 2.05) is 13.8 Å². The highest BCUT2D eigenvalue weighted by atomic mass is 32.2. The van der Waals surface area contributed by atoms with E-state index in [2.05, 4.69) is 5.32 Å². The molecule has 1 saturated heterocycles. The molecule has 0 bridgehead atoms. The summed E-state index contributed by atoms with van der Waals surface area (Å²) in [6.07, 6.45) is 0.744. The van der Waals surface area contributed by atoms with Crippen molar-refractivity contribution in [1.29, 1.82) is 0 Å². The Hall–Kier alpha value is -2.04. The second-order valence-corrected chi connectivity index (χ2v) is 9.15. The highest BCUT2D eigenvalue weighted by molar-refractivity contribution is 7.89. The zero-order chi connectivity index (χ0) is 20.9. The predicted octanol–water partition coefficient (Wildman–Crippen LogP) is 1.93. The molecule has 0 amide bonds. The molecule has 1 aromatic rings. The highest BCUT2D eigenvalue weighted by Gasteiger charge is 2.38. The number of carbonyl (C=O) groups is 1. The molecule has 0 unspecified atom stereocenters. The van der Waals surface area contributed by atoms with Crippen molar-refractivity contribution in [3.8, 4) is 0 Å². The average molecular weight is 413 g/mol. The Balaban J connectivity index is 2.32. The van der Waals surface area contributed by atoms with Gasteiger partial charge in [0.15, 0.2) is 4.90 Å². The standard InChI is InChI=1S/C18H27N3O6S/c1-4-27-18(22)10-15-12-20(11-14(19-15)9-13(2)3)28(25,26)17-8-6-5-7-16(17)21(23)24/h5-8,13-15,19H,4,9-12H2,1-3H3/t14-,15-/m0/s1. The first-order valence-electron chi connectivity index (χ1n) is 9.30. The lowest BCUT2D eigenvalue weighted by Crippen LogP contribution is -2.58. The zero-order valence-corrected chi connectivity index (χ0v) is 17.1. The number of nitrogens with one attached hydrogen (secondary N) is 1. The number of nitrogens with zero attached hydrogens (tertiary/aromatic N) is 2. The number of para-hydroxylation sites is 1. The van der Waals surface area contributed by atoms with Gasteiger partial charge in [-0.25, -0.2) is 8.42 Å². The van der Waals surface area contributed by atoms with E-state index < -0.39 is 32.6 Å². The third-order valence-electron chi connectivity index (χ3n) is 4.47. The van der Waals surface area contributed by atoms with E-state index in [0.29, 0.717) is 12.3 Å². The molecule has 0 radical (unpaired) electrons. The fourth-order valence-corrected chi connectivity index (χ4v) is 5.11. The number of piperazine rings is 1. The number of esters is 1. The van der Waals surface area contributed by atoms with Crippen molar-refractivity contribution in [1.82, 2.24) is 9.62 Å². The number of benzene rings is 1. The number of rotatable bonds is 8. The fraction of sp³-hybridized carbons (Fsp3) is 0.611. The third kappa shape index (κ3) is 5.49.